The van der Waals surface area contributed by atoms with E-state index < -0.39 is 0 Å². The van der Waals surface area contributed by atoms with Gasteiger partial charge >= 0.3 is 0 Å². The highest BCUT2D eigenvalue weighted by molar-refractivity contribution is 5.78. The van der Waals surface area contributed by atoms with Crippen LogP contribution in [-0.4, -0.2) is 38.0 Å². The second-order valence-corrected chi connectivity index (χ2v) is 3.78. The lowest BCUT2D eigenvalue weighted by molar-refractivity contribution is -0.121. The third-order valence-corrected chi connectivity index (χ3v) is 2.51. The summed E-state index contributed by atoms with van der Waals surface area (Å²) in [6.45, 7) is 1.62. The third kappa shape index (κ3) is 4.78. The van der Waals surface area contributed by atoms with Crippen LogP contribution >= 0.6 is 0 Å². The molecule has 0 radical (unpaired) electrons. The standard InChI is InChI=1S/C10H19N3O2/c1-11-9(14)3-2-6-12-7-8-4-5-10(15)13-8/h8,12H,2-7H2,1H3,(H,11,14)(H,13,15). The lowest BCUT2D eigenvalue weighted by Crippen LogP contribution is -2.36. The van der Waals surface area contributed by atoms with Crippen molar-refractivity contribution >= 4 is 11.8 Å². The molecule has 1 aliphatic rings. The van der Waals surface area contributed by atoms with Gasteiger partial charge in [0.2, 0.25) is 11.8 Å². The molecule has 15 heavy (non-hydrogen) atoms. The molecule has 0 aromatic rings. The largest absolute Gasteiger partial charge is 0.359 e. The molecule has 5 nitrogen and oxygen atoms in total. The summed E-state index contributed by atoms with van der Waals surface area (Å²) in [5, 5.41) is 8.70. The quantitative estimate of drug-likeness (QED) is 0.515. The summed E-state index contributed by atoms with van der Waals surface area (Å²) in [5.74, 6) is 0.220. The minimum atomic E-state index is 0.0750. The number of hydrogen-bond acceptors (Lipinski definition) is 3. The maximum Gasteiger partial charge on any atom is 0.220 e. The predicted octanol–water partition coefficient (Wildman–Crippen LogP) is -0.619. The molecule has 0 aromatic carbocycles. The Morgan fingerprint density at radius 2 is 2.40 bits per heavy atom. The molecule has 86 valence electrons. The lowest BCUT2D eigenvalue weighted by Gasteiger charge is -2.10. The summed E-state index contributed by atoms with van der Waals surface area (Å²) in [7, 11) is 1.64. The zero-order valence-electron chi connectivity index (χ0n) is 9.14. The molecular weight excluding hydrogens is 194 g/mol. The van der Waals surface area contributed by atoms with Crippen molar-refractivity contribution in [2.45, 2.75) is 31.7 Å². The highest BCUT2D eigenvalue weighted by Crippen LogP contribution is 2.04. The van der Waals surface area contributed by atoms with Crippen LogP contribution < -0.4 is 16.0 Å². The van der Waals surface area contributed by atoms with Gasteiger partial charge < -0.3 is 16.0 Å². The first-order valence-corrected chi connectivity index (χ1v) is 5.43. The Morgan fingerprint density at radius 1 is 1.60 bits per heavy atom. The molecule has 0 bridgehead atoms. The molecule has 1 fully saturated rings. The zero-order chi connectivity index (χ0) is 11.1. The van der Waals surface area contributed by atoms with Gasteiger partial charge in [0, 0.05) is 32.5 Å². The van der Waals surface area contributed by atoms with Gasteiger partial charge in [-0.1, -0.05) is 0 Å². The van der Waals surface area contributed by atoms with Crippen molar-refractivity contribution in [3.63, 3.8) is 0 Å². The molecule has 1 rings (SSSR count). The molecule has 5 heteroatoms. The summed E-state index contributed by atoms with van der Waals surface area (Å²) in [5.41, 5.74) is 0. The van der Waals surface area contributed by atoms with Gasteiger partial charge in [-0.2, -0.15) is 0 Å². The smallest absolute Gasteiger partial charge is 0.220 e. The Labute approximate surface area is 90.0 Å². The third-order valence-electron chi connectivity index (χ3n) is 2.51. The molecule has 1 heterocycles. The van der Waals surface area contributed by atoms with Crippen LogP contribution in [0.15, 0.2) is 0 Å². The number of hydrogen-bond donors (Lipinski definition) is 3. The number of carbonyl (C=O) groups excluding carboxylic acids is 2. The molecule has 2 amide bonds. The summed E-state index contributed by atoms with van der Waals surface area (Å²) in [6, 6.07) is 0.275. The summed E-state index contributed by atoms with van der Waals surface area (Å²) < 4.78 is 0. The molecule has 0 spiro atoms. The van der Waals surface area contributed by atoms with Crippen molar-refractivity contribution in [1.29, 1.82) is 0 Å². The minimum Gasteiger partial charge on any atom is -0.359 e. The van der Waals surface area contributed by atoms with Gasteiger partial charge in [-0.25, -0.2) is 0 Å². The molecule has 0 aromatic heterocycles. The molecule has 1 unspecified atom stereocenters. The van der Waals surface area contributed by atoms with E-state index in [-0.39, 0.29) is 17.9 Å². The van der Waals surface area contributed by atoms with Crippen molar-refractivity contribution in [1.82, 2.24) is 16.0 Å². The van der Waals surface area contributed by atoms with Crippen LogP contribution in [0.1, 0.15) is 25.7 Å². The van der Waals surface area contributed by atoms with E-state index in [1.165, 1.54) is 0 Å². The van der Waals surface area contributed by atoms with E-state index in [4.69, 9.17) is 0 Å². The molecule has 0 aliphatic carbocycles. The van der Waals surface area contributed by atoms with Crippen LogP contribution in [0, 0.1) is 0 Å². The van der Waals surface area contributed by atoms with Gasteiger partial charge in [-0.05, 0) is 19.4 Å². The highest BCUT2D eigenvalue weighted by atomic mass is 16.2. The molecular formula is C10H19N3O2. The monoisotopic (exact) mass is 213 g/mol. The first-order valence-electron chi connectivity index (χ1n) is 5.43. The topological polar surface area (TPSA) is 70.2 Å². The van der Waals surface area contributed by atoms with Crippen LogP contribution in [0.5, 0.6) is 0 Å². The second-order valence-electron chi connectivity index (χ2n) is 3.78. The Bertz CT molecular complexity index is 231. The molecule has 1 aliphatic heterocycles. The van der Waals surface area contributed by atoms with E-state index in [1.54, 1.807) is 7.05 Å². The van der Waals surface area contributed by atoms with Crippen molar-refractivity contribution in [3.8, 4) is 0 Å². The van der Waals surface area contributed by atoms with E-state index in [0.29, 0.717) is 12.8 Å². The normalized spacial score (nSPS) is 20.1. The summed E-state index contributed by atoms with van der Waals surface area (Å²) >= 11 is 0. The number of nitrogens with one attached hydrogen (secondary N) is 3. The maximum atomic E-state index is 10.9. The van der Waals surface area contributed by atoms with Crippen molar-refractivity contribution < 1.29 is 9.59 Å². The van der Waals surface area contributed by atoms with E-state index in [1.807, 2.05) is 0 Å². The van der Waals surface area contributed by atoms with Gasteiger partial charge in [0.1, 0.15) is 0 Å². The molecule has 1 atom stereocenters. The van der Waals surface area contributed by atoms with E-state index in [9.17, 15) is 9.59 Å². The average molecular weight is 213 g/mol. The van der Waals surface area contributed by atoms with Gasteiger partial charge in [0.05, 0.1) is 0 Å². The fourth-order valence-electron chi connectivity index (χ4n) is 1.61. The van der Waals surface area contributed by atoms with E-state index >= 15 is 0 Å². The Hall–Kier alpha value is -1.10. The predicted molar refractivity (Wildman–Crippen MR) is 57.3 cm³/mol. The SMILES string of the molecule is CNC(=O)CCCNCC1CCC(=O)N1. The van der Waals surface area contributed by atoms with Gasteiger partial charge in [0.15, 0.2) is 0 Å². The number of carbonyl (C=O) groups is 2. The summed E-state index contributed by atoms with van der Waals surface area (Å²) in [6.07, 6.45) is 2.95. The van der Waals surface area contributed by atoms with Gasteiger partial charge in [-0.15, -0.1) is 0 Å². The van der Waals surface area contributed by atoms with Crippen LogP contribution in [-0.2, 0) is 9.59 Å². The molecule has 1 saturated heterocycles. The highest BCUT2D eigenvalue weighted by Gasteiger charge is 2.19. The van der Waals surface area contributed by atoms with Crippen LogP contribution in [0.25, 0.3) is 0 Å². The number of rotatable bonds is 6. The van der Waals surface area contributed by atoms with Crippen LogP contribution in [0.2, 0.25) is 0 Å². The van der Waals surface area contributed by atoms with E-state index in [0.717, 1.165) is 25.9 Å². The van der Waals surface area contributed by atoms with E-state index in [2.05, 4.69) is 16.0 Å². The fourth-order valence-corrected chi connectivity index (χ4v) is 1.61. The fraction of sp³-hybridized carbons (Fsp3) is 0.800. The first-order chi connectivity index (χ1) is 7.22. The van der Waals surface area contributed by atoms with Gasteiger partial charge in [0.25, 0.3) is 0 Å². The number of amides is 2. The Balaban J connectivity index is 1.93. The molecule has 0 saturated carbocycles. The van der Waals surface area contributed by atoms with Crippen LogP contribution in [0.4, 0.5) is 0 Å². The molecule has 3 N–H and O–H groups in total. The van der Waals surface area contributed by atoms with Crippen molar-refractivity contribution in [3.05, 3.63) is 0 Å². The second kappa shape index (κ2) is 6.40. The maximum absolute atomic E-state index is 10.9. The first kappa shape index (κ1) is 12.0. The Morgan fingerprint density at radius 3 is 3.00 bits per heavy atom. The summed E-state index contributed by atoms with van der Waals surface area (Å²) in [4.78, 5) is 21.8. The van der Waals surface area contributed by atoms with Crippen LogP contribution in [0.3, 0.4) is 0 Å². The zero-order valence-corrected chi connectivity index (χ0v) is 9.14. The minimum absolute atomic E-state index is 0.0750. The lowest BCUT2D eigenvalue weighted by atomic mass is 10.2. The van der Waals surface area contributed by atoms with Crippen molar-refractivity contribution in [2.75, 3.05) is 20.1 Å². The average Bonchev–Trinajstić information content (AvgIpc) is 2.63. The Kier molecular flexibility index (Phi) is 5.10. The van der Waals surface area contributed by atoms with Gasteiger partial charge in [-0.3, -0.25) is 9.59 Å². The van der Waals surface area contributed by atoms with Crippen molar-refractivity contribution in [2.24, 2.45) is 0 Å².